The molecule has 8 N–H and O–H groups in total. The number of amides is 7. The fourth-order valence-corrected chi connectivity index (χ4v) is 6.24. The van der Waals surface area contributed by atoms with Gasteiger partial charge < -0.3 is 37.1 Å². The fraction of sp³-hybridized carbons (Fsp3) is 0.390. The number of nitrogens with two attached hydrogens (primary N) is 1. The van der Waals surface area contributed by atoms with Crippen LogP contribution in [0, 0.1) is 0 Å². The van der Waals surface area contributed by atoms with E-state index in [0.29, 0.717) is 12.0 Å². The molecule has 16 heteroatoms. The van der Waals surface area contributed by atoms with Crippen molar-refractivity contribution in [3.05, 3.63) is 108 Å². The normalized spacial score (nSPS) is 16.5. The minimum absolute atomic E-state index is 0.0771. The molecule has 1 unspecified atom stereocenters. The summed E-state index contributed by atoms with van der Waals surface area (Å²) in [7, 11) is 1.44. The molecule has 1 aliphatic heterocycles. The van der Waals surface area contributed by atoms with Gasteiger partial charge in [-0.2, -0.15) is 5.10 Å². The van der Waals surface area contributed by atoms with Crippen molar-refractivity contribution < 1.29 is 33.5 Å². The first-order valence-corrected chi connectivity index (χ1v) is 18.8. The van der Waals surface area contributed by atoms with Crippen LogP contribution < -0.4 is 37.7 Å². The summed E-state index contributed by atoms with van der Waals surface area (Å²) >= 11 is 0. The van der Waals surface area contributed by atoms with Crippen LogP contribution in [0.3, 0.4) is 0 Å². The van der Waals surface area contributed by atoms with Crippen molar-refractivity contribution in [3.63, 3.8) is 0 Å². The van der Waals surface area contributed by atoms with Crippen LogP contribution in [-0.4, -0.2) is 90.2 Å². The zero-order valence-corrected chi connectivity index (χ0v) is 32.9. The molecule has 0 aromatic heterocycles. The van der Waals surface area contributed by atoms with Crippen LogP contribution in [0.15, 0.2) is 96.1 Å². The number of rotatable bonds is 15. The number of benzene rings is 3. The highest BCUT2D eigenvalue weighted by atomic mass is 16.6. The molecule has 0 bridgehead atoms. The number of urea groups is 1. The molecule has 304 valence electrons. The molecule has 0 spiro atoms. The Morgan fingerprint density at radius 1 is 0.842 bits per heavy atom. The molecule has 7 amide bonds. The minimum atomic E-state index is -1.09. The molecular formula is C41H53N9O7. The number of hydrogen-bond acceptors (Lipinski definition) is 9. The second-order valence-electron chi connectivity index (χ2n) is 14.5. The lowest BCUT2D eigenvalue weighted by molar-refractivity contribution is -0.129. The van der Waals surface area contributed by atoms with Crippen LogP contribution in [-0.2, 0) is 23.9 Å². The molecule has 3 aromatic rings. The van der Waals surface area contributed by atoms with E-state index in [1.54, 1.807) is 51.1 Å². The van der Waals surface area contributed by atoms with E-state index in [1.165, 1.54) is 11.9 Å². The van der Waals surface area contributed by atoms with Gasteiger partial charge in [0.2, 0.25) is 17.7 Å². The van der Waals surface area contributed by atoms with Gasteiger partial charge in [-0.15, -0.1) is 0 Å². The topological polar surface area (TPSA) is 225 Å². The second kappa shape index (κ2) is 20.6. The summed E-state index contributed by atoms with van der Waals surface area (Å²) in [5, 5.41) is 17.6. The van der Waals surface area contributed by atoms with Gasteiger partial charge >= 0.3 is 12.1 Å². The Labute approximate surface area is 332 Å². The van der Waals surface area contributed by atoms with Crippen molar-refractivity contribution in [2.24, 2.45) is 10.8 Å². The summed E-state index contributed by atoms with van der Waals surface area (Å²) in [6.07, 6.45) is 0.0640. The van der Waals surface area contributed by atoms with Crippen LogP contribution in [0.5, 0.6) is 0 Å². The summed E-state index contributed by atoms with van der Waals surface area (Å²) in [4.78, 5) is 81.5. The molecule has 0 radical (unpaired) electrons. The number of likely N-dealkylation sites (N-methyl/N-ethyl adjacent to an activating group) is 1. The lowest BCUT2D eigenvalue weighted by Crippen LogP contribution is -2.55. The maximum Gasteiger partial charge on any atom is 0.411 e. The number of ether oxygens (including phenoxy) is 1. The number of hydrogen-bond donors (Lipinski definition) is 7. The number of hydrazone groups is 1. The van der Waals surface area contributed by atoms with Crippen LogP contribution in [0.25, 0.3) is 0 Å². The van der Waals surface area contributed by atoms with Gasteiger partial charge in [0.15, 0.2) is 0 Å². The second-order valence-corrected chi connectivity index (χ2v) is 14.5. The van der Waals surface area contributed by atoms with Crippen molar-refractivity contribution in [3.8, 4) is 0 Å². The van der Waals surface area contributed by atoms with E-state index in [2.05, 4.69) is 37.1 Å². The Kier molecular flexibility index (Phi) is 15.7. The van der Waals surface area contributed by atoms with Crippen LogP contribution >= 0.6 is 0 Å². The smallest absolute Gasteiger partial charge is 0.411 e. The first kappa shape index (κ1) is 43.4. The van der Waals surface area contributed by atoms with Crippen LogP contribution in [0.1, 0.15) is 75.7 Å². The molecular weight excluding hydrogens is 731 g/mol. The summed E-state index contributed by atoms with van der Waals surface area (Å²) in [5.41, 5.74) is 9.56. The maximum absolute atomic E-state index is 13.9. The predicted octanol–water partition coefficient (Wildman–Crippen LogP) is 2.77. The molecule has 16 nitrogen and oxygen atoms in total. The van der Waals surface area contributed by atoms with E-state index in [1.807, 2.05) is 67.6 Å². The van der Waals surface area contributed by atoms with Gasteiger partial charge in [-0.3, -0.25) is 24.1 Å². The summed E-state index contributed by atoms with van der Waals surface area (Å²) in [6, 6.07) is 22.1. The average Bonchev–Trinajstić information content (AvgIpc) is 3.60. The third kappa shape index (κ3) is 12.9. The largest absolute Gasteiger partial charge is 0.444 e. The highest BCUT2D eigenvalue weighted by Gasteiger charge is 2.41. The summed E-state index contributed by atoms with van der Waals surface area (Å²) in [6.45, 7) is 6.45. The Morgan fingerprint density at radius 3 is 1.93 bits per heavy atom. The monoisotopic (exact) mass is 783 g/mol. The molecule has 57 heavy (non-hydrogen) atoms. The van der Waals surface area contributed by atoms with Gasteiger partial charge in [-0.25, -0.2) is 15.0 Å². The molecule has 1 saturated heterocycles. The molecule has 1 fully saturated rings. The van der Waals surface area contributed by atoms with E-state index in [0.717, 1.165) is 11.1 Å². The molecule has 1 aliphatic rings. The number of carbonyl (C=O) groups is 6. The van der Waals surface area contributed by atoms with Gasteiger partial charge in [-0.1, -0.05) is 104 Å². The summed E-state index contributed by atoms with van der Waals surface area (Å²) in [5.74, 6) is -2.65. The molecule has 1 heterocycles. The van der Waals surface area contributed by atoms with E-state index < -0.39 is 78.1 Å². The number of nitrogens with one attached hydrogen (secondary N) is 6. The van der Waals surface area contributed by atoms with Gasteiger partial charge in [0, 0.05) is 19.6 Å². The quantitative estimate of drug-likeness (QED) is 0.0894. The van der Waals surface area contributed by atoms with Crippen molar-refractivity contribution in [1.29, 1.82) is 0 Å². The molecule has 0 saturated carbocycles. The van der Waals surface area contributed by atoms with E-state index in [-0.39, 0.29) is 25.1 Å². The number of nitrogens with zero attached hydrogens (tertiary/aromatic N) is 2. The predicted molar refractivity (Wildman–Crippen MR) is 214 cm³/mol. The highest BCUT2D eigenvalue weighted by Crippen LogP contribution is 2.23. The van der Waals surface area contributed by atoms with Crippen molar-refractivity contribution >= 4 is 41.5 Å². The zero-order chi connectivity index (χ0) is 41.5. The lowest BCUT2D eigenvalue weighted by Gasteiger charge is -2.29. The third-order valence-corrected chi connectivity index (χ3v) is 8.90. The first-order chi connectivity index (χ1) is 27.2. The Bertz CT molecular complexity index is 1830. The Hall–Kier alpha value is -6.29. The molecule has 0 aliphatic carbocycles. The molecule has 4 atom stereocenters. The van der Waals surface area contributed by atoms with Crippen molar-refractivity contribution in [2.45, 2.75) is 82.8 Å². The van der Waals surface area contributed by atoms with Gasteiger partial charge in [0.05, 0.1) is 18.6 Å². The molecule has 3 aromatic carbocycles. The number of likely N-dealkylation sites (tertiary alicyclic amines) is 1. The Balaban J connectivity index is 1.59. The van der Waals surface area contributed by atoms with Crippen molar-refractivity contribution in [1.82, 2.24) is 36.9 Å². The fourth-order valence-electron chi connectivity index (χ4n) is 6.24. The highest BCUT2D eigenvalue weighted by molar-refractivity contribution is 6.41. The first-order valence-electron chi connectivity index (χ1n) is 18.8. The Morgan fingerprint density at radius 2 is 1.40 bits per heavy atom. The maximum atomic E-state index is 13.9. The van der Waals surface area contributed by atoms with Crippen LogP contribution in [0.4, 0.5) is 9.59 Å². The van der Waals surface area contributed by atoms with E-state index in [4.69, 9.17) is 10.5 Å². The van der Waals surface area contributed by atoms with Crippen molar-refractivity contribution in [2.75, 3.05) is 20.1 Å². The lowest BCUT2D eigenvalue weighted by atomic mass is 9.99. The van der Waals surface area contributed by atoms with E-state index in [9.17, 15) is 28.8 Å². The van der Waals surface area contributed by atoms with Crippen LogP contribution in [0.2, 0.25) is 0 Å². The number of carbonyl (C=O) groups excluding carboxylic acids is 6. The average molecular weight is 784 g/mol. The summed E-state index contributed by atoms with van der Waals surface area (Å²) < 4.78 is 5.53. The zero-order valence-electron chi connectivity index (χ0n) is 32.9. The SMILES string of the molecule is CCC[C@H](NC(=O)C1C[C@@H](N)CN1C(=O)OC(C)(C)C)C(=NNC(=O)NC(c1ccccc1)c1ccccc1)C(=O)NCC(=O)N[C@H](C(=O)NC)c1ccccc1. The van der Waals surface area contributed by atoms with Gasteiger partial charge in [0.25, 0.3) is 5.91 Å². The van der Waals surface area contributed by atoms with E-state index >= 15 is 0 Å². The minimum Gasteiger partial charge on any atom is -0.444 e. The molecule has 4 rings (SSSR count). The third-order valence-electron chi connectivity index (χ3n) is 8.90. The van der Waals surface area contributed by atoms with Gasteiger partial charge in [0.1, 0.15) is 23.4 Å². The standard InChI is InChI=1S/C41H53N9O7/c1-6-16-30(45-36(52)31-23-29(42)25-50(31)40(56)57-41(2,3)4)35(38(54)44-24-32(51)46-34(37(53)43-5)28-21-14-9-15-22-28)48-49-39(55)47-33(26-17-10-7-11-18-26)27-19-12-8-13-20-27/h7-15,17-22,29-31,33-34H,6,16,23-25,42H2,1-5H3,(H,43,53)(H,44,54)(H,45,52)(H,46,51)(H2,47,49,55)/t29-,30+,31?,34+/m1/s1. The van der Waals surface area contributed by atoms with Gasteiger partial charge in [-0.05, 0) is 50.3 Å².